The van der Waals surface area contributed by atoms with Crippen molar-refractivity contribution in [3.05, 3.63) is 21.0 Å². The molecular formula is C12H18BrN3O3. The highest BCUT2D eigenvalue weighted by Crippen LogP contribution is 2.18. The van der Waals surface area contributed by atoms with E-state index in [1.165, 1.54) is 13.3 Å². The first-order valence-corrected chi connectivity index (χ1v) is 6.87. The molecule has 7 heteroatoms. The van der Waals surface area contributed by atoms with E-state index in [4.69, 9.17) is 0 Å². The van der Waals surface area contributed by atoms with Gasteiger partial charge in [-0.05, 0) is 29.3 Å². The van der Waals surface area contributed by atoms with Gasteiger partial charge in [-0.25, -0.2) is 4.68 Å². The van der Waals surface area contributed by atoms with Gasteiger partial charge in [0.05, 0.1) is 19.0 Å². The quantitative estimate of drug-likeness (QED) is 0.804. The molecule has 1 atom stereocenters. The Morgan fingerprint density at radius 1 is 1.63 bits per heavy atom. The summed E-state index contributed by atoms with van der Waals surface area (Å²) in [5.41, 5.74) is 0.270. The van der Waals surface area contributed by atoms with Gasteiger partial charge in [-0.3, -0.25) is 9.59 Å². The van der Waals surface area contributed by atoms with Gasteiger partial charge in [0.1, 0.15) is 11.0 Å². The zero-order valence-corrected chi connectivity index (χ0v) is 12.9. The van der Waals surface area contributed by atoms with E-state index in [0.717, 1.165) is 17.5 Å². The Bertz CT molecular complexity index is 501. The van der Waals surface area contributed by atoms with Crippen LogP contribution >= 0.6 is 15.9 Å². The minimum atomic E-state index is -0.512. The highest BCUT2D eigenvalue weighted by Gasteiger charge is 2.12. The Hall–Kier alpha value is -1.37. The molecule has 19 heavy (non-hydrogen) atoms. The standard InChI is InChI=1S/C12H18BrN3O3/c1-4-5-8(2)15-9-6-14-16(7-10(17)19-3)12(18)11(9)13/h6,8,15H,4-5,7H2,1-3H3. The van der Waals surface area contributed by atoms with Gasteiger partial charge in [0.2, 0.25) is 0 Å². The van der Waals surface area contributed by atoms with E-state index in [2.05, 4.69) is 38.0 Å². The Morgan fingerprint density at radius 2 is 2.32 bits per heavy atom. The zero-order chi connectivity index (χ0) is 14.4. The summed E-state index contributed by atoms with van der Waals surface area (Å²) in [4.78, 5) is 23.1. The van der Waals surface area contributed by atoms with Crippen molar-refractivity contribution in [3.63, 3.8) is 0 Å². The first kappa shape index (κ1) is 15.7. The molecule has 1 unspecified atom stereocenters. The Kier molecular flexibility index (Phi) is 6.01. The van der Waals surface area contributed by atoms with Crippen molar-refractivity contribution in [2.75, 3.05) is 12.4 Å². The lowest BCUT2D eigenvalue weighted by atomic mass is 10.2. The lowest BCUT2D eigenvalue weighted by molar-refractivity contribution is -0.141. The van der Waals surface area contributed by atoms with Crippen LogP contribution in [0.1, 0.15) is 26.7 Å². The molecule has 1 aromatic rings. The second-order valence-electron chi connectivity index (χ2n) is 4.25. The molecule has 106 valence electrons. The van der Waals surface area contributed by atoms with Gasteiger partial charge >= 0.3 is 5.97 Å². The SMILES string of the molecule is CCCC(C)Nc1cnn(CC(=O)OC)c(=O)c1Br. The van der Waals surface area contributed by atoms with Crippen LogP contribution in [0.4, 0.5) is 5.69 Å². The highest BCUT2D eigenvalue weighted by atomic mass is 79.9. The number of aromatic nitrogens is 2. The average molecular weight is 332 g/mol. The molecule has 0 radical (unpaired) electrons. The van der Waals surface area contributed by atoms with E-state index < -0.39 is 5.97 Å². The van der Waals surface area contributed by atoms with E-state index >= 15 is 0 Å². The molecule has 0 aliphatic carbocycles. The van der Waals surface area contributed by atoms with Crippen LogP contribution in [-0.4, -0.2) is 28.9 Å². The lowest BCUT2D eigenvalue weighted by Crippen LogP contribution is -2.29. The van der Waals surface area contributed by atoms with Crippen LogP contribution in [0.2, 0.25) is 0 Å². The van der Waals surface area contributed by atoms with Crippen LogP contribution in [0.5, 0.6) is 0 Å². The van der Waals surface area contributed by atoms with Gasteiger partial charge in [-0.1, -0.05) is 13.3 Å². The van der Waals surface area contributed by atoms with Crippen molar-refractivity contribution >= 4 is 27.6 Å². The number of esters is 1. The van der Waals surface area contributed by atoms with Crippen LogP contribution in [0, 0.1) is 0 Å². The minimum Gasteiger partial charge on any atom is -0.468 e. The maximum atomic E-state index is 12.0. The van der Waals surface area contributed by atoms with Crippen LogP contribution in [0.3, 0.4) is 0 Å². The molecule has 0 saturated heterocycles. The second kappa shape index (κ2) is 7.28. The first-order valence-electron chi connectivity index (χ1n) is 6.08. The van der Waals surface area contributed by atoms with Crippen molar-refractivity contribution in [1.82, 2.24) is 9.78 Å². The van der Waals surface area contributed by atoms with Crippen LogP contribution in [0.15, 0.2) is 15.5 Å². The number of rotatable bonds is 6. The number of halogens is 1. The molecule has 0 fully saturated rings. The number of nitrogens with one attached hydrogen (secondary N) is 1. The summed E-state index contributed by atoms with van der Waals surface area (Å²) in [6.45, 7) is 3.94. The molecule has 0 spiro atoms. The van der Waals surface area contributed by atoms with E-state index in [1.54, 1.807) is 0 Å². The molecule has 0 amide bonds. The Morgan fingerprint density at radius 3 is 2.89 bits per heavy atom. The smallest absolute Gasteiger partial charge is 0.327 e. The van der Waals surface area contributed by atoms with Crippen LogP contribution in [-0.2, 0) is 16.1 Å². The number of hydrogen-bond donors (Lipinski definition) is 1. The highest BCUT2D eigenvalue weighted by molar-refractivity contribution is 9.10. The van der Waals surface area contributed by atoms with Gasteiger partial charge in [-0.2, -0.15) is 5.10 Å². The molecule has 1 N–H and O–H groups in total. The summed E-state index contributed by atoms with van der Waals surface area (Å²) in [7, 11) is 1.27. The van der Waals surface area contributed by atoms with E-state index in [0.29, 0.717) is 10.2 Å². The van der Waals surface area contributed by atoms with Gasteiger partial charge in [-0.15, -0.1) is 0 Å². The van der Waals surface area contributed by atoms with E-state index in [1.807, 2.05) is 6.92 Å². The third-order valence-electron chi connectivity index (χ3n) is 2.62. The van der Waals surface area contributed by atoms with Gasteiger partial charge in [0, 0.05) is 6.04 Å². The number of methoxy groups -OCH3 is 1. The summed E-state index contributed by atoms with van der Waals surface area (Å²) in [6, 6.07) is 0.249. The maximum Gasteiger partial charge on any atom is 0.327 e. The largest absolute Gasteiger partial charge is 0.468 e. The fraction of sp³-hybridized carbons (Fsp3) is 0.583. The molecule has 0 aliphatic heterocycles. The molecule has 0 aromatic carbocycles. The third-order valence-corrected chi connectivity index (χ3v) is 3.38. The number of ether oxygens (including phenoxy) is 1. The number of carbonyl (C=O) groups excluding carboxylic acids is 1. The van der Waals surface area contributed by atoms with Gasteiger partial charge in [0.25, 0.3) is 5.56 Å². The zero-order valence-electron chi connectivity index (χ0n) is 11.3. The number of nitrogens with zero attached hydrogens (tertiary/aromatic N) is 2. The molecular weight excluding hydrogens is 314 g/mol. The topological polar surface area (TPSA) is 73.2 Å². The summed E-state index contributed by atoms with van der Waals surface area (Å²) in [5, 5.41) is 7.16. The Balaban J connectivity index is 2.91. The van der Waals surface area contributed by atoms with Gasteiger partial charge in [0.15, 0.2) is 0 Å². The summed E-state index contributed by atoms with van der Waals surface area (Å²) < 4.78 is 5.94. The molecule has 0 bridgehead atoms. The lowest BCUT2D eigenvalue weighted by Gasteiger charge is -2.15. The average Bonchev–Trinajstić information content (AvgIpc) is 2.38. The number of hydrogen-bond acceptors (Lipinski definition) is 5. The van der Waals surface area contributed by atoms with Crippen molar-refractivity contribution in [2.45, 2.75) is 39.3 Å². The van der Waals surface area contributed by atoms with Crippen molar-refractivity contribution in [2.24, 2.45) is 0 Å². The normalized spacial score (nSPS) is 12.0. The fourth-order valence-corrected chi connectivity index (χ4v) is 2.06. The number of anilines is 1. The van der Waals surface area contributed by atoms with Crippen LogP contribution in [0.25, 0.3) is 0 Å². The van der Waals surface area contributed by atoms with E-state index in [-0.39, 0.29) is 18.1 Å². The van der Waals surface area contributed by atoms with E-state index in [9.17, 15) is 9.59 Å². The predicted octanol–water partition coefficient (Wildman–Crippen LogP) is 1.78. The number of carbonyl (C=O) groups is 1. The van der Waals surface area contributed by atoms with Gasteiger partial charge < -0.3 is 10.1 Å². The van der Waals surface area contributed by atoms with Crippen molar-refractivity contribution in [1.29, 1.82) is 0 Å². The molecule has 6 nitrogen and oxygen atoms in total. The predicted molar refractivity (Wildman–Crippen MR) is 76.2 cm³/mol. The van der Waals surface area contributed by atoms with Crippen molar-refractivity contribution < 1.29 is 9.53 Å². The second-order valence-corrected chi connectivity index (χ2v) is 5.04. The molecule has 1 rings (SSSR count). The molecule has 0 saturated carbocycles. The monoisotopic (exact) mass is 331 g/mol. The molecule has 1 heterocycles. The summed E-state index contributed by atoms with van der Waals surface area (Å²) >= 11 is 3.23. The maximum absolute atomic E-state index is 12.0. The molecule has 0 aliphatic rings. The first-order chi connectivity index (χ1) is 8.99. The third kappa shape index (κ3) is 4.34. The fourth-order valence-electron chi connectivity index (χ4n) is 1.64. The summed E-state index contributed by atoms with van der Waals surface area (Å²) in [6.07, 6.45) is 3.58. The molecule has 1 aromatic heterocycles. The van der Waals surface area contributed by atoms with Crippen molar-refractivity contribution in [3.8, 4) is 0 Å². The van der Waals surface area contributed by atoms with Crippen LogP contribution < -0.4 is 10.9 Å². The summed E-state index contributed by atoms with van der Waals surface area (Å²) in [5.74, 6) is -0.512. The minimum absolute atomic E-state index is 0.196. The Labute approximate surface area is 120 Å².